The molecule has 2 N–H and O–H groups in total. The second-order valence-corrected chi connectivity index (χ2v) is 6.11. The fourth-order valence-corrected chi connectivity index (χ4v) is 3.49. The zero-order valence-corrected chi connectivity index (χ0v) is 11.6. The third kappa shape index (κ3) is 3.04. The monoisotopic (exact) mass is 254 g/mol. The number of carbonyl (C=O) groups is 1. The predicted octanol–water partition coefficient (Wildman–Crippen LogP) is 1.56. The number of hydrogen-bond donors (Lipinski definition) is 2. The van der Waals surface area contributed by atoms with Gasteiger partial charge in [-0.25, -0.2) is 0 Å². The number of carboxylic acids is 1. The summed E-state index contributed by atoms with van der Waals surface area (Å²) in [5.41, 5.74) is 0. The first kappa shape index (κ1) is 13.8. The number of nitrogens with one attached hydrogen (secondary N) is 1. The molecule has 2 aliphatic rings. The first-order chi connectivity index (χ1) is 8.59. The van der Waals surface area contributed by atoms with Crippen LogP contribution in [0.2, 0.25) is 0 Å². The fraction of sp³-hybridized carbons (Fsp3) is 0.929. The van der Waals surface area contributed by atoms with Crippen LogP contribution in [-0.4, -0.2) is 47.7 Å². The molecule has 0 bridgehead atoms. The molecule has 1 aliphatic heterocycles. The van der Waals surface area contributed by atoms with Gasteiger partial charge >= 0.3 is 5.97 Å². The topological polar surface area (TPSA) is 52.6 Å². The Morgan fingerprint density at radius 1 is 1.28 bits per heavy atom. The van der Waals surface area contributed by atoms with Gasteiger partial charge in [0.25, 0.3) is 0 Å². The van der Waals surface area contributed by atoms with Crippen molar-refractivity contribution in [3.63, 3.8) is 0 Å². The standard InChI is InChI=1S/C14H26N2O2/c1-10(2)11-3-5-12(6-4-11)16-8-7-15-9-13(16)14(17)18/h10-13,15H,3-9H2,1-2H3,(H,17,18). The highest BCUT2D eigenvalue weighted by Gasteiger charge is 2.35. The van der Waals surface area contributed by atoms with Crippen LogP contribution in [0.15, 0.2) is 0 Å². The second-order valence-electron chi connectivity index (χ2n) is 6.11. The smallest absolute Gasteiger partial charge is 0.322 e. The third-order valence-electron chi connectivity index (χ3n) is 4.72. The fourth-order valence-electron chi connectivity index (χ4n) is 3.49. The maximum Gasteiger partial charge on any atom is 0.322 e. The molecule has 1 unspecified atom stereocenters. The largest absolute Gasteiger partial charge is 0.480 e. The molecule has 2 rings (SSSR count). The maximum atomic E-state index is 11.3. The van der Waals surface area contributed by atoms with Crippen molar-refractivity contribution >= 4 is 5.97 Å². The van der Waals surface area contributed by atoms with E-state index in [9.17, 15) is 9.90 Å². The Bertz CT molecular complexity index is 286. The molecule has 4 nitrogen and oxygen atoms in total. The van der Waals surface area contributed by atoms with Crippen molar-refractivity contribution in [3.8, 4) is 0 Å². The van der Waals surface area contributed by atoms with Crippen molar-refractivity contribution in [1.29, 1.82) is 0 Å². The van der Waals surface area contributed by atoms with E-state index in [2.05, 4.69) is 24.1 Å². The maximum absolute atomic E-state index is 11.3. The zero-order valence-electron chi connectivity index (χ0n) is 11.6. The lowest BCUT2D eigenvalue weighted by Crippen LogP contribution is -2.58. The van der Waals surface area contributed by atoms with Gasteiger partial charge in [-0.3, -0.25) is 9.69 Å². The molecule has 0 aromatic rings. The van der Waals surface area contributed by atoms with Gasteiger partial charge in [-0.05, 0) is 37.5 Å². The Hall–Kier alpha value is -0.610. The Balaban J connectivity index is 1.93. The summed E-state index contributed by atoms with van der Waals surface area (Å²) in [6, 6.07) is 0.169. The molecule has 1 saturated carbocycles. The van der Waals surface area contributed by atoms with Crippen LogP contribution in [0.5, 0.6) is 0 Å². The van der Waals surface area contributed by atoms with E-state index in [0.717, 1.165) is 24.9 Å². The highest BCUT2D eigenvalue weighted by Crippen LogP contribution is 2.33. The van der Waals surface area contributed by atoms with Crippen LogP contribution in [0.3, 0.4) is 0 Å². The summed E-state index contributed by atoms with van der Waals surface area (Å²) >= 11 is 0. The SMILES string of the molecule is CC(C)C1CCC(N2CCNCC2C(=O)O)CC1. The van der Waals surface area contributed by atoms with Crippen LogP contribution in [0, 0.1) is 11.8 Å². The van der Waals surface area contributed by atoms with Gasteiger partial charge in [-0.2, -0.15) is 0 Å². The quantitative estimate of drug-likeness (QED) is 0.802. The van der Waals surface area contributed by atoms with Crippen LogP contribution in [0.1, 0.15) is 39.5 Å². The van der Waals surface area contributed by atoms with E-state index in [1.54, 1.807) is 0 Å². The number of carboxylic acid groups (broad SMARTS) is 1. The highest BCUT2D eigenvalue weighted by atomic mass is 16.4. The van der Waals surface area contributed by atoms with Gasteiger partial charge in [0.2, 0.25) is 0 Å². The number of rotatable bonds is 3. The van der Waals surface area contributed by atoms with E-state index in [1.165, 1.54) is 25.7 Å². The summed E-state index contributed by atoms with van der Waals surface area (Å²) in [6.45, 7) is 7.01. The van der Waals surface area contributed by atoms with Gasteiger partial charge in [0, 0.05) is 25.7 Å². The third-order valence-corrected chi connectivity index (χ3v) is 4.72. The van der Waals surface area contributed by atoms with Crippen molar-refractivity contribution in [2.45, 2.75) is 51.6 Å². The Morgan fingerprint density at radius 2 is 1.94 bits per heavy atom. The summed E-state index contributed by atoms with van der Waals surface area (Å²) in [4.78, 5) is 13.5. The van der Waals surface area contributed by atoms with Crippen molar-refractivity contribution < 1.29 is 9.90 Å². The average molecular weight is 254 g/mol. The molecule has 0 spiro atoms. The lowest BCUT2D eigenvalue weighted by Gasteiger charge is -2.43. The van der Waals surface area contributed by atoms with Gasteiger partial charge in [-0.15, -0.1) is 0 Å². The van der Waals surface area contributed by atoms with Crippen LogP contribution in [-0.2, 0) is 4.79 Å². The molecule has 2 fully saturated rings. The summed E-state index contributed by atoms with van der Waals surface area (Å²) in [5.74, 6) is 0.935. The van der Waals surface area contributed by atoms with Crippen molar-refractivity contribution in [1.82, 2.24) is 10.2 Å². The van der Waals surface area contributed by atoms with Crippen molar-refractivity contribution in [2.75, 3.05) is 19.6 Å². The minimum Gasteiger partial charge on any atom is -0.480 e. The van der Waals surface area contributed by atoms with E-state index < -0.39 is 5.97 Å². The Labute approximate surface area is 110 Å². The molecular formula is C14H26N2O2. The number of piperazine rings is 1. The minimum atomic E-state index is -0.673. The van der Waals surface area contributed by atoms with Gasteiger partial charge in [0.15, 0.2) is 0 Å². The molecule has 104 valence electrons. The van der Waals surface area contributed by atoms with Crippen LogP contribution in [0.4, 0.5) is 0 Å². The van der Waals surface area contributed by atoms with E-state index in [1.807, 2.05) is 0 Å². The molecule has 18 heavy (non-hydrogen) atoms. The molecule has 1 heterocycles. The first-order valence-electron chi connectivity index (χ1n) is 7.29. The molecule has 0 aromatic carbocycles. The normalized spacial score (nSPS) is 34.7. The number of nitrogens with zero attached hydrogens (tertiary/aromatic N) is 1. The summed E-state index contributed by atoms with van der Waals surface area (Å²) in [6.07, 6.45) is 4.87. The van der Waals surface area contributed by atoms with Gasteiger partial charge in [0.05, 0.1) is 0 Å². The number of hydrogen-bond acceptors (Lipinski definition) is 3. The predicted molar refractivity (Wildman–Crippen MR) is 71.6 cm³/mol. The zero-order chi connectivity index (χ0) is 13.1. The molecule has 1 atom stereocenters. The van der Waals surface area contributed by atoms with E-state index in [-0.39, 0.29) is 6.04 Å². The number of aliphatic carboxylic acids is 1. The van der Waals surface area contributed by atoms with Crippen LogP contribution < -0.4 is 5.32 Å². The average Bonchev–Trinajstić information content (AvgIpc) is 2.39. The van der Waals surface area contributed by atoms with E-state index in [4.69, 9.17) is 0 Å². The van der Waals surface area contributed by atoms with Gasteiger partial charge in [0.1, 0.15) is 6.04 Å². The lowest BCUT2D eigenvalue weighted by atomic mass is 9.79. The lowest BCUT2D eigenvalue weighted by molar-refractivity contribution is -0.145. The molecule has 0 radical (unpaired) electrons. The molecular weight excluding hydrogens is 228 g/mol. The van der Waals surface area contributed by atoms with E-state index >= 15 is 0 Å². The van der Waals surface area contributed by atoms with Crippen LogP contribution >= 0.6 is 0 Å². The van der Waals surface area contributed by atoms with Gasteiger partial charge < -0.3 is 10.4 Å². The summed E-state index contributed by atoms with van der Waals surface area (Å²) in [5, 5.41) is 12.5. The summed E-state index contributed by atoms with van der Waals surface area (Å²) < 4.78 is 0. The second kappa shape index (κ2) is 6.02. The minimum absolute atomic E-state index is 0.320. The highest BCUT2D eigenvalue weighted by molar-refractivity contribution is 5.74. The van der Waals surface area contributed by atoms with Crippen molar-refractivity contribution in [3.05, 3.63) is 0 Å². The molecule has 1 aliphatic carbocycles. The summed E-state index contributed by atoms with van der Waals surface area (Å²) in [7, 11) is 0. The van der Waals surface area contributed by atoms with Crippen LogP contribution in [0.25, 0.3) is 0 Å². The molecule has 0 amide bonds. The Kier molecular flexibility index (Phi) is 4.62. The molecule has 4 heteroatoms. The van der Waals surface area contributed by atoms with Gasteiger partial charge in [-0.1, -0.05) is 13.8 Å². The molecule has 0 aromatic heterocycles. The molecule has 1 saturated heterocycles. The first-order valence-corrected chi connectivity index (χ1v) is 7.29. The van der Waals surface area contributed by atoms with Crippen molar-refractivity contribution in [2.24, 2.45) is 11.8 Å². The Morgan fingerprint density at radius 3 is 2.50 bits per heavy atom. The van der Waals surface area contributed by atoms with E-state index in [0.29, 0.717) is 12.6 Å².